The fourth-order valence-corrected chi connectivity index (χ4v) is 2.88. The lowest BCUT2D eigenvalue weighted by Gasteiger charge is -2.19. The molecule has 1 aliphatic rings. The summed E-state index contributed by atoms with van der Waals surface area (Å²) in [6, 6.07) is 10.6. The smallest absolute Gasteiger partial charge is 0.0486 e. The molecule has 0 spiro atoms. The zero-order valence-electron chi connectivity index (χ0n) is 10.0. The highest BCUT2D eigenvalue weighted by Gasteiger charge is 2.21. The normalized spacial score (nSPS) is 13.6. The maximum atomic E-state index is 6.26. The third-order valence-corrected chi connectivity index (χ3v) is 3.86. The van der Waals surface area contributed by atoms with E-state index in [1.54, 1.807) is 0 Å². The lowest BCUT2D eigenvalue weighted by molar-refractivity contribution is 0.729. The average Bonchev–Trinajstić information content (AvgIpc) is 2.71. The van der Waals surface area contributed by atoms with Crippen molar-refractivity contribution in [3.8, 4) is 0 Å². The quantitative estimate of drug-likeness (QED) is 0.763. The minimum absolute atomic E-state index is 0.864. The maximum absolute atomic E-state index is 6.26. The summed E-state index contributed by atoms with van der Waals surface area (Å²) in [5.74, 6) is 0. The Morgan fingerprint density at radius 3 is 2.94 bits per heavy atom. The van der Waals surface area contributed by atoms with Crippen LogP contribution in [0.25, 0.3) is 10.8 Å². The Kier molecular flexibility index (Phi) is 2.71. The van der Waals surface area contributed by atoms with Crippen molar-refractivity contribution in [1.82, 2.24) is 0 Å². The van der Waals surface area contributed by atoms with Crippen LogP contribution in [0, 0.1) is 0 Å². The molecule has 17 heavy (non-hydrogen) atoms. The lowest BCUT2D eigenvalue weighted by atomic mass is 10.1. The highest BCUT2D eigenvalue weighted by Crippen LogP contribution is 2.40. The van der Waals surface area contributed by atoms with E-state index in [4.69, 9.17) is 11.6 Å². The third kappa shape index (κ3) is 1.69. The molecule has 0 unspecified atom stereocenters. The van der Waals surface area contributed by atoms with Crippen molar-refractivity contribution in [1.29, 1.82) is 0 Å². The van der Waals surface area contributed by atoms with Crippen molar-refractivity contribution < 1.29 is 0 Å². The molecule has 0 bridgehead atoms. The molecule has 3 rings (SSSR count). The van der Waals surface area contributed by atoms with Gasteiger partial charge in [-0.15, -0.1) is 0 Å². The van der Waals surface area contributed by atoms with Crippen molar-refractivity contribution in [2.45, 2.75) is 26.3 Å². The molecular weight excluding hydrogens is 230 g/mol. The maximum Gasteiger partial charge on any atom is 0.0486 e. The molecular formula is C15H16ClN. The van der Waals surface area contributed by atoms with Gasteiger partial charge in [0.15, 0.2) is 0 Å². The first-order valence-electron chi connectivity index (χ1n) is 6.26. The number of rotatable bonds is 3. The van der Waals surface area contributed by atoms with E-state index in [9.17, 15) is 0 Å². The Balaban J connectivity index is 2.12. The van der Waals surface area contributed by atoms with Crippen LogP contribution in [0.4, 0.5) is 5.69 Å². The van der Waals surface area contributed by atoms with E-state index in [-0.39, 0.29) is 0 Å². The highest BCUT2D eigenvalue weighted by atomic mass is 35.5. The molecule has 0 aromatic heterocycles. The predicted octanol–water partition coefficient (Wildman–Crippen LogP) is 4.61. The first kappa shape index (κ1) is 10.9. The second-order valence-electron chi connectivity index (χ2n) is 4.68. The van der Waals surface area contributed by atoms with E-state index >= 15 is 0 Å². The van der Waals surface area contributed by atoms with Crippen molar-refractivity contribution in [2.75, 3.05) is 11.4 Å². The van der Waals surface area contributed by atoms with Gasteiger partial charge in [0.25, 0.3) is 0 Å². The fraction of sp³-hybridized carbons (Fsp3) is 0.333. The molecule has 2 aromatic carbocycles. The van der Waals surface area contributed by atoms with Gasteiger partial charge in [0, 0.05) is 34.6 Å². The monoisotopic (exact) mass is 245 g/mol. The predicted molar refractivity (Wildman–Crippen MR) is 74.9 cm³/mol. The van der Waals surface area contributed by atoms with Gasteiger partial charge in [0.05, 0.1) is 0 Å². The Labute approximate surface area is 107 Å². The molecule has 1 nitrogen and oxygen atoms in total. The number of halogens is 1. The Morgan fingerprint density at radius 2 is 2.12 bits per heavy atom. The Morgan fingerprint density at radius 1 is 1.24 bits per heavy atom. The van der Waals surface area contributed by atoms with Crippen LogP contribution in [0.15, 0.2) is 30.3 Å². The summed E-state index contributed by atoms with van der Waals surface area (Å²) < 4.78 is 0. The van der Waals surface area contributed by atoms with Crippen molar-refractivity contribution in [3.05, 3.63) is 40.9 Å². The molecule has 2 heteroatoms. The second-order valence-corrected chi connectivity index (χ2v) is 5.09. The van der Waals surface area contributed by atoms with Crippen LogP contribution in [0.1, 0.15) is 25.3 Å². The average molecular weight is 246 g/mol. The standard InChI is InChI=1S/C15H16ClN/c1-2-3-9-17-10-11-5-4-6-12-13(16)7-8-14(17)15(11)12/h4-8H,2-3,9-10H2,1H3. The van der Waals surface area contributed by atoms with Crippen molar-refractivity contribution in [3.63, 3.8) is 0 Å². The minimum atomic E-state index is 0.864. The summed E-state index contributed by atoms with van der Waals surface area (Å²) in [6.07, 6.45) is 2.49. The first-order valence-corrected chi connectivity index (χ1v) is 6.64. The zero-order valence-corrected chi connectivity index (χ0v) is 10.8. The van der Waals surface area contributed by atoms with Crippen molar-refractivity contribution in [2.24, 2.45) is 0 Å². The van der Waals surface area contributed by atoms with E-state index < -0.39 is 0 Å². The van der Waals surface area contributed by atoms with Gasteiger partial charge < -0.3 is 4.90 Å². The van der Waals surface area contributed by atoms with E-state index in [2.05, 4.69) is 36.1 Å². The van der Waals surface area contributed by atoms with Crippen LogP contribution in [0.5, 0.6) is 0 Å². The van der Waals surface area contributed by atoms with Crippen LogP contribution in [-0.4, -0.2) is 6.54 Å². The molecule has 0 fully saturated rings. The fourth-order valence-electron chi connectivity index (χ4n) is 2.66. The van der Waals surface area contributed by atoms with Gasteiger partial charge in [-0.1, -0.05) is 43.1 Å². The van der Waals surface area contributed by atoms with Crippen LogP contribution >= 0.6 is 11.6 Å². The van der Waals surface area contributed by atoms with Gasteiger partial charge in [0.2, 0.25) is 0 Å². The molecule has 2 aromatic rings. The molecule has 0 saturated heterocycles. The molecule has 1 heterocycles. The second kappa shape index (κ2) is 4.23. The summed E-state index contributed by atoms with van der Waals surface area (Å²) >= 11 is 6.26. The van der Waals surface area contributed by atoms with Crippen LogP contribution < -0.4 is 4.90 Å². The molecule has 1 aliphatic heterocycles. The van der Waals surface area contributed by atoms with Gasteiger partial charge in [-0.2, -0.15) is 0 Å². The molecule has 88 valence electrons. The number of anilines is 1. The summed E-state index contributed by atoms with van der Waals surface area (Å²) in [5.41, 5.74) is 2.77. The number of unbranched alkanes of at least 4 members (excludes halogenated alkanes) is 1. The van der Waals surface area contributed by atoms with Crippen molar-refractivity contribution >= 4 is 28.1 Å². The summed E-state index contributed by atoms with van der Waals surface area (Å²) in [5, 5.41) is 3.42. The molecule has 0 aliphatic carbocycles. The van der Waals surface area contributed by atoms with Gasteiger partial charge >= 0.3 is 0 Å². The first-order chi connectivity index (χ1) is 8.31. The van der Waals surface area contributed by atoms with E-state index in [0.29, 0.717) is 0 Å². The molecule has 0 atom stereocenters. The molecule has 0 saturated carbocycles. The largest absolute Gasteiger partial charge is 0.367 e. The third-order valence-electron chi connectivity index (χ3n) is 3.54. The SMILES string of the molecule is CCCCN1Cc2cccc3c(Cl)ccc1c23. The molecule has 0 amide bonds. The van der Waals surface area contributed by atoms with Crippen LogP contribution in [0.3, 0.4) is 0 Å². The lowest BCUT2D eigenvalue weighted by Crippen LogP contribution is -2.19. The molecule has 0 N–H and O–H groups in total. The molecule has 0 radical (unpaired) electrons. The Bertz CT molecular complexity index is 562. The van der Waals surface area contributed by atoms with Gasteiger partial charge in [-0.3, -0.25) is 0 Å². The number of hydrogen-bond acceptors (Lipinski definition) is 1. The number of nitrogens with zero attached hydrogens (tertiary/aromatic N) is 1. The number of hydrogen-bond donors (Lipinski definition) is 0. The summed E-state index contributed by atoms with van der Waals surface area (Å²) in [4.78, 5) is 2.47. The van der Waals surface area contributed by atoms with E-state index in [1.807, 2.05) is 6.07 Å². The Hall–Kier alpha value is -1.21. The summed E-state index contributed by atoms with van der Waals surface area (Å²) in [6.45, 7) is 4.41. The minimum Gasteiger partial charge on any atom is -0.367 e. The zero-order chi connectivity index (χ0) is 11.8. The van der Waals surface area contributed by atoms with E-state index in [1.165, 1.54) is 34.9 Å². The highest BCUT2D eigenvalue weighted by molar-refractivity contribution is 6.36. The van der Waals surface area contributed by atoms with Gasteiger partial charge in [-0.25, -0.2) is 0 Å². The van der Waals surface area contributed by atoms with Gasteiger partial charge in [-0.05, 0) is 24.1 Å². The van der Waals surface area contributed by atoms with Crippen LogP contribution in [0.2, 0.25) is 5.02 Å². The van der Waals surface area contributed by atoms with Crippen LogP contribution in [-0.2, 0) is 6.54 Å². The summed E-state index contributed by atoms with van der Waals surface area (Å²) in [7, 11) is 0. The topological polar surface area (TPSA) is 3.24 Å². The van der Waals surface area contributed by atoms with Gasteiger partial charge in [0.1, 0.15) is 0 Å². The number of benzene rings is 2. The van der Waals surface area contributed by atoms with E-state index in [0.717, 1.165) is 18.1 Å².